The molecule has 0 bridgehead atoms. The Balaban J connectivity index is 1.34. The van der Waals surface area contributed by atoms with E-state index in [1.54, 1.807) is 18.2 Å². The van der Waals surface area contributed by atoms with Gasteiger partial charge in [-0.2, -0.15) is 0 Å². The topological polar surface area (TPSA) is 115 Å². The molecule has 5 rings (SSSR count). The summed E-state index contributed by atoms with van der Waals surface area (Å²) in [6.07, 6.45) is -1.17. The highest BCUT2D eigenvalue weighted by atomic mass is 35.5. The van der Waals surface area contributed by atoms with Gasteiger partial charge in [0.1, 0.15) is 16.6 Å². The number of amides is 1. The predicted octanol–water partition coefficient (Wildman–Crippen LogP) is 10.1. The van der Waals surface area contributed by atoms with Crippen LogP contribution >= 0.6 is 42.6 Å². The average Bonchev–Trinajstić information content (AvgIpc) is 3.42. The number of nitrogens with two attached hydrogens (primary N) is 1. The van der Waals surface area contributed by atoms with E-state index in [1.165, 1.54) is 11.8 Å². The summed E-state index contributed by atoms with van der Waals surface area (Å²) in [5.74, 6) is 1.08. The molecule has 0 aliphatic heterocycles. The summed E-state index contributed by atoms with van der Waals surface area (Å²) < 4.78 is 38.6. The molecule has 4 aromatic carbocycles. The van der Waals surface area contributed by atoms with Crippen molar-refractivity contribution >= 4 is 48.7 Å². The number of imidazole rings is 1. The van der Waals surface area contributed by atoms with Gasteiger partial charge in [-0.15, -0.1) is 0 Å². The number of carbonyl (C=O) groups is 1. The Kier molecular flexibility index (Phi) is 12.9. The van der Waals surface area contributed by atoms with Crippen LogP contribution in [-0.4, -0.2) is 22.0 Å². The fourth-order valence-corrected chi connectivity index (χ4v) is 7.87. The van der Waals surface area contributed by atoms with E-state index in [2.05, 4.69) is 0 Å². The lowest BCUT2D eigenvalue weighted by molar-refractivity contribution is 0.145. The van der Waals surface area contributed by atoms with Crippen LogP contribution in [-0.2, 0) is 44.7 Å². The van der Waals surface area contributed by atoms with Gasteiger partial charge in [0.25, 0.3) is 0 Å². The molecule has 256 valence electrons. The van der Waals surface area contributed by atoms with Crippen LogP contribution in [0.5, 0.6) is 5.75 Å². The molecule has 0 unspecified atom stereocenters. The number of hydrogen-bond acceptors (Lipinski definition) is 8. The second-order valence-electron chi connectivity index (χ2n) is 11.3. The first kappa shape index (κ1) is 36.5. The molecular formula is C36H36Cl2N3O6PS. The largest absolute Gasteiger partial charge is 0.481 e. The van der Waals surface area contributed by atoms with Gasteiger partial charge in [0.05, 0.1) is 18.9 Å². The smallest absolute Gasteiger partial charge is 0.404 e. The van der Waals surface area contributed by atoms with E-state index in [0.717, 1.165) is 32.3 Å². The van der Waals surface area contributed by atoms with E-state index in [0.29, 0.717) is 28.2 Å². The number of rotatable bonds is 16. The summed E-state index contributed by atoms with van der Waals surface area (Å²) in [6.45, 7) is 4.60. The third-order valence-corrected chi connectivity index (χ3v) is 10.2. The molecule has 0 fully saturated rings. The second kappa shape index (κ2) is 17.3. The molecule has 49 heavy (non-hydrogen) atoms. The highest BCUT2D eigenvalue weighted by Crippen LogP contribution is 2.50. The van der Waals surface area contributed by atoms with E-state index in [1.807, 2.05) is 103 Å². The molecule has 1 heterocycles. The first-order valence-electron chi connectivity index (χ1n) is 15.4. The number of carbonyl (C=O) groups excluding carboxylic acids is 1. The minimum absolute atomic E-state index is 0.0606. The van der Waals surface area contributed by atoms with Gasteiger partial charge >= 0.3 is 13.7 Å². The van der Waals surface area contributed by atoms with Crippen molar-refractivity contribution in [3.8, 4) is 5.75 Å². The molecule has 1 aromatic heterocycles. The minimum Gasteiger partial charge on any atom is -0.481 e. The average molecular weight is 741 g/mol. The van der Waals surface area contributed by atoms with Gasteiger partial charge < -0.3 is 28.8 Å². The number of aromatic nitrogens is 2. The van der Waals surface area contributed by atoms with E-state index < -0.39 is 13.7 Å². The Morgan fingerprint density at radius 2 is 1.41 bits per heavy atom. The third kappa shape index (κ3) is 10.9. The maximum Gasteiger partial charge on any atom is 0.404 e. The summed E-state index contributed by atoms with van der Waals surface area (Å²) in [6, 6.07) is 31.7. The van der Waals surface area contributed by atoms with Crippen molar-refractivity contribution in [1.29, 1.82) is 0 Å². The van der Waals surface area contributed by atoms with Gasteiger partial charge in [0.2, 0.25) is 0 Å². The van der Waals surface area contributed by atoms with Crippen LogP contribution in [0.3, 0.4) is 0 Å². The van der Waals surface area contributed by atoms with Crippen LogP contribution in [0.25, 0.3) is 0 Å². The van der Waals surface area contributed by atoms with Crippen molar-refractivity contribution in [3.63, 3.8) is 0 Å². The van der Waals surface area contributed by atoms with Crippen LogP contribution in [0.4, 0.5) is 4.79 Å². The Hall–Kier alpha value is -3.76. The summed E-state index contributed by atoms with van der Waals surface area (Å²) >= 11 is 14.1. The SMILES string of the molecule is CC(C)c1nc(COC(N)=O)n(Cc2ccc(OCP(=O)(OCc3ccccc3)OCc3ccccc3)cc2)c1Sc1cc(Cl)cc(Cl)c1. The van der Waals surface area contributed by atoms with Crippen molar-refractivity contribution in [1.82, 2.24) is 9.55 Å². The first-order chi connectivity index (χ1) is 23.6. The Labute approximate surface area is 300 Å². The van der Waals surface area contributed by atoms with Crippen LogP contribution in [0.15, 0.2) is 113 Å². The van der Waals surface area contributed by atoms with Gasteiger partial charge in [-0.3, -0.25) is 4.57 Å². The first-order valence-corrected chi connectivity index (χ1v) is 18.7. The lowest BCUT2D eigenvalue weighted by Gasteiger charge is -2.19. The quantitative estimate of drug-likeness (QED) is 0.0995. The Morgan fingerprint density at radius 3 is 1.94 bits per heavy atom. The van der Waals surface area contributed by atoms with E-state index in [4.69, 9.17) is 52.4 Å². The van der Waals surface area contributed by atoms with Crippen LogP contribution in [0, 0.1) is 0 Å². The van der Waals surface area contributed by atoms with Crippen molar-refractivity contribution in [2.75, 3.05) is 6.35 Å². The molecule has 1 amide bonds. The molecule has 0 saturated carbocycles. The van der Waals surface area contributed by atoms with Crippen molar-refractivity contribution in [2.45, 2.75) is 56.1 Å². The zero-order valence-electron chi connectivity index (χ0n) is 27.0. The lowest BCUT2D eigenvalue weighted by atomic mass is 10.1. The van der Waals surface area contributed by atoms with Gasteiger partial charge in [-0.1, -0.05) is 122 Å². The monoisotopic (exact) mass is 739 g/mol. The summed E-state index contributed by atoms with van der Waals surface area (Å²) in [4.78, 5) is 17.2. The number of primary amides is 1. The van der Waals surface area contributed by atoms with Crippen LogP contribution < -0.4 is 10.5 Å². The zero-order valence-corrected chi connectivity index (χ0v) is 30.2. The van der Waals surface area contributed by atoms with E-state index >= 15 is 0 Å². The molecule has 0 atom stereocenters. The second-order valence-corrected chi connectivity index (χ2v) is 15.3. The molecule has 13 heteroatoms. The van der Waals surface area contributed by atoms with Crippen LogP contribution in [0.2, 0.25) is 10.0 Å². The van der Waals surface area contributed by atoms with Crippen molar-refractivity contribution < 1.29 is 27.9 Å². The van der Waals surface area contributed by atoms with Gasteiger partial charge in [0, 0.05) is 21.5 Å². The fraction of sp³-hybridized carbons (Fsp3) is 0.222. The van der Waals surface area contributed by atoms with Crippen molar-refractivity contribution in [3.05, 3.63) is 141 Å². The standard InChI is InChI=1S/C36H36Cl2N3O6PS/c1-25(2)34-35(49-32-18-29(37)17-30(38)19-32)41(33(40-34)23-44-36(39)42)20-26-13-15-31(16-14-26)45-24-48(43,46-21-27-9-5-3-6-10-27)47-22-28-11-7-4-8-12-28/h3-19,25H,20-24H2,1-2H3,(H2,39,42). The highest BCUT2D eigenvalue weighted by Gasteiger charge is 2.27. The molecular weight excluding hydrogens is 704 g/mol. The van der Waals surface area contributed by atoms with Gasteiger partial charge in [0.15, 0.2) is 13.0 Å². The number of hydrogen-bond donors (Lipinski definition) is 1. The van der Waals surface area contributed by atoms with Crippen LogP contribution in [0.1, 0.15) is 48.0 Å². The predicted molar refractivity (Wildman–Crippen MR) is 192 cm³/mol. The number of benzene rings is 4. The third-order valence-electron chi connectivity index (χ3n) is 7.16. The fourth-order valence-electron chi connectivity index (χ4n) is 4.73. The molecule has 0 spiro atoms. The highest BCUT2D eigenvalue weighted by molar-refractivity contribution is 7.99. The Morgan fingerprint density at radius 1 is 0.837 bits per heavy atom. The van der Waals surface area contributed by atoms with E-state index in [9.17, 15) is 9.36 Å². The Bertz CT molecular complexity index is 1830. The molecule has 5 aromatic rings. The molecule has 9 nitrogen and oxygen atoms in total. The normalized spacial score (nSPS) is 11.5. The zero-order chi connectivity index (χ0) is 34.8. The lowest BCUT2D eigenvalue weighted by Crippen LogP contribution is -2.15. The van der Waals surface area contributed by atoms with E-state index in [-0.39, 0.29) is 32.1 Å². The van der Waals surface area contributed by atoms with Gasteiger partial charge in [-0.25, -0.2) is 9.78 Å². The van der Waals surface area contributed by atoms with Crippen molar-refractivity contribution in [2.24, 2.45) is 5.73 Å². The molecule has 0 radical (unpaired) electrons. The molecule has 0 aliphatic carbocycles. The minimum atomic E-state index is -3.67. The number of ether oxygens (including phenoxy) is 2. The van der Waals surface area contributed by atoms with Gasteiger partial charge in [-0.05, 0) is 52.9 Å². The maximum atomic E-state index is 13.8. The molecule has 0 aliphatic rings. The maximum absolute atomic E-state index is 13.8. The summed E-state index contributed by atoms with van der Waals surface area (Å²) in [5, 5.41) is 1.88. The number of nitrogens with zero attached hydrogens (tertiary/aromatic N) is 2. The molecule has 2 N–H and O–H groups in total. The summed E-state index contributed by atoms with van der Waals surface area (Å²) in [5.41, 5.74) is 8.77. The summed E-state index contributed by atoms with van der Waals surface area (Å²) in [7, 11) is -3.67. The number of halogens is 2. The molecule has 0 saturated heterocycles.